The molecule has 1 aromatic carbocycles. The lowest BCUT2D eigenvalue weighted by molar-refractivity contribution is 0.0693. The van der Waals surface area contributed by atoms with Gasteiger partial charge in [-0.3, -0.25) is 0 Å². The molecule has 92 valence electrons. The number of nitrogens with zero attached hydrogens (tertiary/aromatic N) is 2. The lowest BCUT2D eigenvalue weighted by atomic mass is 10.1. The Bertz CT molecular complexity index is 604. The van der Waals surface area contributed by atoms with Gasteiger partial charge < -0.3 is 10.0 Å². The number of hydrogen-bond donors (Lipinski definition) is 1. The molecule has 0 bridgehead atoms. The second-order valence-corrected chi connectivity index (χ2v) is 4.53. The van der Waals surface area contributed by atoms with E-state index in [0.29, 0.717) is 0 Å². The molecule has 4 heteroatoms. The molecule has 1 aliphatic rings. The summed E-state index contributed by atoms with van der Waals surface area (Å²) in [5.74, 6) is -0.973. The number of fused-ring (bicyclic) bond motifs is 1. The molecule has 0 amide bonds. The summed E-state index contributed by atoms with van der Waals surface area (Å²) in [7, 11) is 0. The third-order valence-electron chi connectivity index (χ3n) is 3.43. The molecule has 1 N–H and O–H groups in total. The number of pyridine rings is 1. The van der Waals surface area contributed by atoms with E-state index in [4.69, 9.17) is 5.11 Å². The minimum Gasteiger partial charge on any atom is -0.476 e. The highest BCUT2D eigenvalue weighted by Crippen LogP contribution is 2.30. The van der Waals surface area contributed by atoms with Gasteiger partial charge in [-0.2, -0.15) is 0 Å². The van der Waals surface area contributed by atoms with Gasteiger partial charge in [0.05, 0.1) is 0 Å². The van der Waals surface area contributed by atoms with Crippen molar-refractivity contribution in [1.29, 1.82) is 0 Å². The van der Waals surface area contributed by atoms with Crippen LogP contribution in [0.1, 0.15) is 23.3 Å². The summed E-state index contributed by atoms with van der Waals surface area (Å²) in [5, 5.41) is 10.9. The quantitative estimate of drug-likeness (QED) is 0.879. The van der Waals surface area contributed by atoms with Crippen molar-refractivity contribution in [2.24, 2.45) is 0 Å². The number of carboxylic acid groups (broad SMARTS) is 1. The topological polar surface area (TPSA) is 53.4 Å². The Balaban J connectivity index is 2.22. The summed E-state index contributed by atoms with van der Waals surface area (Å²) in [6.45, 7) is 2.09. The SMILES string of the molecule is O=C(O)c1nccc2c(N3CCCC3)cccc12. The maximum absolute atomic E-state index is 11.2. The molecule has 1 aromatic heterocycles. The van der Waals surface area contributed by atoms with Crippen molar-refractivity contribution in [2.75, 3.05) is 18.0 Å². The first-order chi connectivity index (χ1) is 8.77. The van der Waals surface area contributed by atoms with Crippen LogP contribution in [-0.2, 0) is 0 Å². The van der Waals surface area contributed by atoms with Gasteiger partial charge in [0.2, 0.25) is 0 Å². The van der Waals surface area contributed by atoms with E-state index in [9.17, 15) is 4.79 Å². The fourth-order valence-corrected chi connectivity index (χ4v) is 2.59. The molecular weight excluding hydrogens is 228 g/mol. The van der Waals surface area contributed by atoms with Crippen molar-refractivity contribution in [3.63, 3.8) is 0 Å². The van der Waals surface area contributed by atoms with E-state index in [2.05, 4.69) is 16.0 Å². The Hall–Kier alpha value is -2.10. The molecule has 0 radical (unpaired) electrons. The second-order valence-electron chi connectivity index (χ2n) is 4.53. The van der Waals surface area contributed by atoms with Gasteiger partial charge >= 0.3 is 5.97 Å². The van der Waals surface area contributed by atoms with Crippen LogP contribution in [0.2, 0.25) is 0 Å². The highest BCUT2D eigenvalue weighted by molar-refractivity contribution is 6.05. The first-order valence-corrected chi connectivity index (χ1v) is 6.13. The number of aromatic carboxylic acids is 1. The Morgan fingerprint density at radius 1 is 1.17 bits per heavy atom. The zero-order chi connectivity index (χ0) is 12.5. The molecule has 1 saturated heterocycles. The van der Waals surface area contributed by atoms with Gasteiger partial charge in [0, 0.05) is 35.7 Å². The lowest BCUT2D eigenvalue weighted by Crippen LogP contribution is -2.18. The van der Waals surface area contributed by atoms with E-state index in [1.54, 1.807) is 6.20 Å². The fourth-order valence-electron chi connectivity index (χ4n) is 2.59. The van der Waals surface area contributed by atoms with Gasteiger partial charge in [0.1, 0.15) is 0 Å². The lowest BCUT2D eigenvalue weighted by Gasteiger charge is -2.20. The zero-order valence-electron chi connectivity index (χ0n) is 9.97. The van der Waals surface area contributed by atoms with Gasteiger partial charge in [0.15, 0.2) is 5.69 Å². The van der Waals surface area contributed by atoms with E-state index in [0.717, 1.165) is 29.5 Å². The summed E-state index contributed by atoms with van der Waals surface area (Å²) in [5.41, 5.74) is 1.25. The van der Waals surface area contributed by atoms with Crippen molar-refractivity contribution >= 4 is 22.4 Å². The molecule has 1 fully saturated rings. The minimum atomic E-state index is -0.973. The van der Waals surface area contributed by atoms with E-state index in [1.807, 2.05) is 18.2 Å². The predicted molar refractivity (Wildman–Crippen MR) is 70.1 cm³/mol. The Labute approximate surface area is 105 Å². The van der Waals surface area contributed by atoms with Gasteiger partial charge in [0.25, 0.3) is 0 Å². The highest BCUT2D eigenvalue weighted by Gasteiger charge is 2.17. The molecule has 0 saturated carbocycles. The largest absolute Gasteiger partial charge is 0.476 e. The molecule has 2 heterocycles. The minimum absolute atomic E-state index is 0.133. The van der Waals surface area contributed by atoms with Crippen molar-refractivity contribution < 1.29 is 9.90 Å². The highest BCUT2D eigenvalue weighted by atomic mass is 16.4. The van der Waals surface area contributed by atoms with Crippen molar-refractivity contribution in [2.45, 2.75) is 12.8 Å². The summed E-state index contributed by atoms with van der Waals surface area (Å²) in [6, 6.07) is 7.68. The maximum atomic E-state index is 11.2. The van der Waals surface area contributed by atoms with Crippen molar-refractivity contribution in [3.8, 4) is 0 Å². The molecule has 2 aromatic rings. The Kier molecular flexibility index (Phi) is 2.63. The van der Waals surface area contributed by atoms with Crippen LogP contribution in [0, 0.1) is 0 Å². The second kappa shape index (κ2) is 4.29. The van der Waals surface area contributed by atoms with Gasteiger partial charge in [-0.25, -0.2) is 9.78 Å². The maximum Gasteiger partial charge on any atom is 0.355 e. The number of carbonyl (C=O) groups is 1. The van der Waals surface area contributed by atoms with Gasteiger partial charge in [-0.1, -0.05) is 12.1 Å². The molecule has 18 heavy (non-hydrogen) atoms. The Morgan fingerprint density at radius 2 is 1.94 bits per heavy atom. The average molecular weight is 242 g/mol. The van der Waals surface area contributed by atoms with Crippen molar-refractivity contribution in [3.05, 3.63) is 36.2 Å². The van der Waals surface area contributed by atoms with Crippen LogP contribution in [-0.4, -0.2) is 29.1 Å². The van der Waals surface area contributed by atoms with E-state index >= 15 is 0 Å². The number of anilines is 1. The summed E-state index contributed by atoms with van der Waals surface area (Å²) >= 11 is 0. The predicted octanol–water partition coefficient (Wildman–Crippen LogP) is 2.53. The van der Waals surface area contributed by atoms with Crippen LogP contribution >= 0.6 is 0 Å². The van der Waals surface area contributed by atoms with Crippen LogP contribution in [0.4, 0.5) is 5.69 Å². The van der Waals surface area contributed by atoms with E-state index < -0.39 is 5.97 Å². The van der Waals surface area contributed by atoms with Gasteiger partial charge in [-0.05, 0) is 25.0 Å². The third kappa shape index (κ3) is 1.70. The number of benzene rings is 1. The zero-order valence-corrected chi connectivity index (χ0v) is 9.97. The van der Waals surface area contributed by atoms with Crippen LogP contribution in [0.5, 0.6) is 0 Å². The number of aromatic nitrogens is 1. The molecule has 3 rings (SSSR count). The van der Waals surface area contributed by atoms with E-state index in [1.165, 1.54) is 12.8 Å². The molecular formula is C14H14N2O2. The summed E-state index contributed by atoms with van der Waals surface area (Å²) in [6.07, 6.45) is 3.98. The van der Waals surface area contributed by atoms with Crippen LogP contribution in [0.25, 0.3) is 10.8 Å². The number of rotatable bonds is 2. The number of hydrogen-bond acceptors (Lipinski definition) is 3. The van der Waals surface area contributed by atoms with Crippen LogP contribution in [0.3, 0.4) is 0 Å². The molecule has 0 spiro atoms. The summed E-state index contributed by atoms with van der Waals surface area (Å²) in [4.78, 5) is 17.4. The van der Waals surface area contributed by atoms with Crippen LogP contribution < -0.4 is 4.90 Å². The first kappa shape index (κ1) is 11.0. The third-order valence-corrected chi connectivity index (χ3v) is 3.43. The molecule has 0 unspecified atom stereocenters. The number of carboxylic acids is 1. The first-order valence-electron chi connectivity index (χ1n) is 6.13. The normalized spacial score (nSPS) is 15.2. The molecule has 0 aliphatic carbocycles. The smallest absolute Gasteiger partial charge is 0.355 e. The fraction of sp³-hybridized carbons (Fsp3) is 0.286. The van der Waals surface area contributed by atoms with Crippen molar-refractivity contribution in [1.82, 2.24) is 4.98 Å². The molecule has 0 atom stereocenters. The summed E-state index contributed by atoms with van der Waals surface area (Å²) < 4.78 is 0. The molecule has 4 nitrogen and oxygen atoms in total. The monoisotopic (exact) mass is 242 g/mol. The molecule has 1 aliphatic heterocycles. The van der Waals surface area contributed by atoms with E-state index in [-0.39, 0.29) is 5.69 Å². The van der Waals surface area contributed by atoms with Gasteiger partial charge in [-0.15, -0.1) is 0 Å². The van der Waals surface area contributed by atoms with Crippen LogP contribution in [0.15, 0.2) is 30.5 Å². The average Bonchev–Trinajstić information content (AvgIpc) is 2.91. The standard InChI is InChI=1S/C14H14N2O2/c17-14(18)13-11-4-3-5-12(10(11)6-7-15-13)16-8-1-2-9-16/h3-7H,1-2,8-9H2,(H,17,18). The Morgan fingerprint density at radius 3 is 2.67 bits per heavy atom.